The minimum Gasteiger partial charge on any atom is -0.396 e. The summed E-state index contributed by atoms with van der Waals surface area (Å²) in [5.41, 5.74) is 5.54. The van der Waals surface area contributed by atoms with E-state index in [1.165, 1.54) is 19.0 Å². The van der Waals surface area contributed by atoms with Crippen molar-refractivity contribution in [2.75, 3.05) is 18.5 Å². The summed E-state index contributed by atoms with van der Waals surface area (Å²) in [7, 11) is 0. The molecule has 5 heteroatoms. The van der Waals surface area contributed by atoms with E-state index >= 15 is 0 Å². The van der Waals surface area contributed by atoms with E-state index in [0.29, 0.717) is 17.9 Å². The normalized spacial score (nSPS) is 17.6. The second-order valence-electron chi connectivity index (χ2n) is 5.02. The lowest BCUT2D eigenvalue weighted by Gasteiger charge is -2.26. The molecule has 1 aliphatic rings. The quantitative estimate of drug-likeness (QED) is 0.730. The van der Waals surface area contributed by atoms with Gasteiger partial charge in [-0.2, -0.15) is 0 Å². The van der Waals surface area contributed by atoms with Gasteiger partial charge in [0, 0.05) is 18.2 Å². The van der Waals surface area contributed by atoms with Crippen LogP contribution >= 0.6 is 0 Å². The Kier molecular flexibility index (Phi) is 3.81. The van der Waals surface area contributed by atoms with Gasteiger partial charge in [-0.15, -0.1) is 0 Å². The van der Waals surface area contributed by atoms with Crippen LogP contribution in [0.15, 0.2) is 18.3 Å². The van der Waals surface area contributed by atoms with Crippen LogP contribution in [-0.4, -0.2) is 29.1 Å². The molecule has 0 aliphatic heterocycles. The molecule has 0 radical (unpaired) electrons. The smallest absolute Gasteiger partial charge is 0.250 e. The van der Waals surface area contributed by atoms with Crippen molar-refractivity contribution >= 4 is 11.7 Å². The summed E-state index contributed by atoms with van der Waals surface area (Å²) in [6.07, 6.45) is 5.92. The fourth-order valence-electron chi connectivity index (χ4n) is 2.44. The molecule has 1 fully saturated rings. The average Bonchev–Trinajstić information content (AvgIpc) is 2.86. The van der Waals surface area contributed by atoms with Gasteiger partial charge in [0.05, 0.1) is 12.2 Å². The zero-order chi connectivity index (χ0) is 13.0. The van der Waals surface area contributed by atoms with E-state index in [4.69, 9.17) is 5.73 Å². The molecule has 1 aromatic rings. The maximum absolute atomic E-state index is 10.9. The first-order chi connectivity index (χ1) is 8.65. The number of hydrogen-bond donors (Lipinski definition) is 3. The van der Waals surface area contributed by atoms with E-state index in [1.807, 2.05) is 0 Å². The number of aliphatic hydroxyl groups excluding tert-OH is 1. The standard InChI is InChI=1S/C13H19N3O2/c14-12(18)10-3-4-11(15-7-10)16-8-13(9-17)5-1-2-6-13/h3-4,7,17H,1-2,5-6,8-9H2,(H2,14,18)(H,15,16). The largest absolute Gasteiger partial charge is 0.396 e. The number of rotatable bonds is 5. The molecule has 0 aromatic carbocycles. The molecule has 2 rings (SSSR count). The number of nitrogens with zero attached hydrogens (tertiary/aromatic N) is 1. The number of anilines is 1. The SMILES string of the molecule is NC(=O)c1ccc(NCC2(CO)CCCC2)nc1. The van der Waals surface area contributed by atoms with Gasteiger partial charge in [-0.25, -0.2) is 4.98 Å². The van der Waals surface area contributed by atoms with E-state index in [2.05, 4.69) is 10.3 Å². The number of amides is 1. The van der Waals surface area contributed by atoms with Crippen LogP contribution in [0.25, 0.3) is 0 Å². The van der Waals surface area contributed by atoms with E-state index < -0.39 is 5.91 Å². The Labute approximate surface area is 106 Å². The number of nitrogens with one attached hydrogen (secondary N) is 1. The molecule has 1 saturated carbocycles. The Bertz CT molecular complexity index is 411. The molecule has 5 nitrogen and oxygen atoms in total. The zero-order valence-corrected chi connectivity index (χ0v) is 10.4. The fraction of sp³-hybridized carbons (Fsp3) is 0.538. The second-order valence-corrected chi connectivity index (χ2v) is 5.02. The first kappa shape index (κ1) is 12.8. The minimum absolute atomic E-state index is 0.00988. The van der Waals surface area contributed by atoms with Crippen molar-refractivity contribution in [1.82, 2.24) is 4.98 Å². The highest BCUT2D eigenvalue weighted by Crippen LogP contribution is 2.37. The monoisotopic (exact) mass is 249 g/mol. The van der Waals surface area contributed by atoms with Crippen LogP contribution in [0.2, 0.25) is 0 Å². The van der Waals surface area contributed by atoms with Gasteiger partial charge in [-0.05, 0) is 25.0 Å². The molecule has 1 amide bonds. The van der Waals surface area contributed by atoms with Crippen molar-refractivity contribution < 1.29 is 9.90 Å². The Morgan fingerprint density at radius 3 is 2.67 bits per heavy atom. The molecule has 0 bridgehead atoms. The molecule has 1 aliphatic carbocycles. The summed E-state index contributed by atoms with van der Waals surface area (Å²) in [4.78, 5) is 15.0. The number of nitrogens with two attached hydrogens (primary N) is 1. The highest BCUT2D eigenvalue weighted by atomic mass is 16.3. The minimum atomic E-state index is -0.475. The maximum Gasteiger partial charge on any atom is 0.250 e. The summed E-state index contributed by atoms with van der Waals surface area (Å²) < 4.78 is 0. The van der Waals surface area contributed by atoms with Crippen LogP contribution in [0.5, 0.6) is 0 Å². The number of aliphatic hydroxyl groups is 1. The summed E-state index contributed by atoms with van der Waals surface area (Å²) >= 11 is 0. The number of hydrogen-bond acceptors (Lipinski definition) is 4. The maximum atomic E-state index is 10.9. The van der Waals surface area contributed by atoms with Gasteiger partial charge in [0.2, 0.25) is 5.91 Å². The van der Waals surface area contributed by atoms with Crippen LogP contribution in [-0.2, 0) is 0 Å². The fourth-order valence-corrected chi connectivity index (χ4v) is 2.44. The van der Waals surface area contributed by atoms with Crippen LogP contribution in [0, 0.1) is 5.41 Å². The molecular formula is C13H19N3O2. The molecule has 0 unspecified atom stereocenters. The Hall–Kier alpha value is -1.62. The summed E-state index contributed by atoms with van der Waals surface area (Å²) in [5.74, 6) is 0.233. The molecule has 4 N–H and O–H groups in total. The average molecular weight is 249 g/mol. The zero-order valence-electron chi connectivity index (χ0n) is 10.4. The topological polar surface area (TPSA) is 88.2 Å². The van der Waals surface area contributed by atoms with Gasteiger partial charge in [0.1, 0.15) is 5.82 Å². The molecule has 1 heterocycles. The first-order valence-electron chi connectivity index (χ1n) is 6.26. The molecule has 18 heavy (non-hydrogen) atoms. The Balaban J connectivity index is 1.95. The Morgan fingerprint density at radius 2 is 2.17 bits per heavy atom. The predicted molar refractivity (Wildman–Crippen MR) is 69.2 cm³/mol. The van der Waals surface area contributed by atoms with Crippen molar-refractivity contribution in [2.24, 2.45) is 11.1 Å². The van der Waals surface area contributed by atoms with Gasteiger partial charge < -0.3 is 16.2 Å². The van der Waals surface area contributed by atoms with Crippen molar-refractivity contribution in [3.63, 3.8) is 0 Å². The lowest BCUT2D eigenvalue weighted by molar-refractivity contribution is 0.1000. The third kappa shape index (κ3) is 2.79. The van der Waals surface area contributed by atoms with Gasteiger partial charge in [0.25, 0.3) is 0 Å². The predicted octanol–water partition coefficient (Wildman–Crippen LogP) is 1.15. The lowest BCUT2D eigenvalue weighted by Crippen LogP contribution is -2.30. The molecule has 98 valence electrons. The first-order valence-corrected chi connectivity index (χ1v) is 6.26. The van der Waals surface area contributed by atoms with Gasteiger partial charge in [-0.3, -0.25) is 4.79 Å². The third-order valence-electron chi connectivity index (χ3n) is 3.69. The van der Waals surface area contributed by atoms with Crippen molar-refractivity contribution in [1.29, 1.82) is 0 Å². The molecular weight excluding hydrogens is 230 g/mol. The molecule has 0 atom stereocenters. The second kappa shape index (κ2) is 5.35. The lowest BCUT2D eigenvalue weighted by atomic mass is 9.87. The van der Waals surface area contributed by atoms with Crippen LogP contribution in [0.3, 0.4) is 0 Å². The number of carbonyl (C=O) groups is 1. The van der Waals surface area contributed by atoms with E-state index in [9.17, 15) is 9.90 Å². The van der Waals surface area contributed by atoms with E-state index in [1.54, 1.807) is 12.1 Å². The number of primary amides is 1. The van der Waals surface area contributed by atoms with Gasteiger partial charge >= 0.3 is 0 Å². The van der Waals surface area contributed by atoms with Crippen LogP contribution < -0.4 is 11.1 Å². The molecule has 1 aromatic heterocycles. The number of carbonyl (C=O) groups excluding carboxylic acids is 1. The van der Waals surface area contributed by atoms with Crippen molar-refractivity contribution in [2.45, 2.75) is 25.7 Å². The Morgan fingerprint density at radius 1 is 1.44 bits per heavy atom. The third-order valence-corrected chi connectivity index (χ3v) is 3.69. The van der Waals surface area contributed by atoms with Crippen molar-refractivity contribution in [3.05, 3.63) is 23.9 Å². The number of pyridine rings is 1. The summed E-state index contributed by atoms with van der Waals surface area (Å²) in [6, 6.07) is 3.39. The van der Waals surface area contributed by atoms with E-state index in [0.717, 1.165) is 12.8 Å². The highest BCUT2D eigenvalue weighted by Gasteiger charge is 2.32. The van der Waals surface area contributed by atoms with Gasteiger partial charge in [-0.1, -0.05) is 12.8 Å². The van der Waals surface area contributed by atoms with Crippen molar-refractivity contribution in [3.8, 4) is 0 Å². The number of aromatic nitrogens is 1. The summed E-state index contributed by atoms with van der Waals surface area (Å²) in [5, 5.41) is 12.7. The highest BCUT2D eigenvalue weighted by molar-refractivity contribution is 5.92. The molecule has 0 spiro atoms. The summed E-state index contributed by atoms with van der Waals surface area (Å²) in [6.45, 7) is 0.922. The van der Waals surface area contributed by atoms with Gasteiger partial charge in [0.15, 0.2) is 0 Å². The van der Waals surface area contributed by atoms with Crippen LogP contribution in [0.4, 0.5) is 5.82 Å². The van der Waals surface area contributed by atoms with E-state index in [-0.39, 0.29) is 12.0 Å². The molecule has 0 saturated heterocycles. The van der Waals surface area contributed by atoms with Crippen LogP contribution in [0.1, 0.15) is 36.0 Å².